The van der Waals surface area contributed by atoms with Crippen LogP contribution in [0.3, 0.4) is 0 Å². The van der Waals surface area contributed by atoms with E-state index < -0.39 is 0 Å². The number of hydrogen-bond donors (Lipinski definition) is 2. The van der Waals surface area contributed by atoms with E-state index in [-0.39, 0.29) is 5.60 Å². The predicted octanol–water partition coefficient (Wildman–Crippen LogP) is 1.29. The van der Waals surface area contributed by atoms with Gasteiger partial charge >= 0.3 is 0 Å². The van der Waals surface area contributed by atoms with Crippen LogP contribution in [-0.2, 0) is 9.53 Å². The number of nitrogens with two attached hydrogens (primary N) is 1. The Morgan fingerprint density at radius 1 is 1.35 bits per heavy atom. The van der Waals surface area contributed by atoms with Gasteiger partial charge in [-0.2, -0.15) is 5.10 Å². The summed E-state index contributed by atoms with van der Waals surface area (Å²) in [5, 5.41) is 8.57. The second kappa shape index (κ2) is 7.36. The number of fused-ring (bicyclic) bond motifs is 1. The van der Waals surface area contributed by atoms with E-state index >= 15 is 0 Å². The van der Waals surface area contributed by atoms with E-state index in [0.29, 0.717) is 18.3 Å². The van der Waals surface area contributed by atoms with Crippen molar-refractivity contribution in [3.8, 4) is 0 Å². The van der Waals surface area contributed by atoms with Crippen LogP contribution in [-0.4, -0.2) is 44.9 Å². The van der Waals surface area contributed by atoms with Gasteiger partial charge in [-0.15, -0.1) is 0 Å². The number of anilines is 1. The average Bonchev–Trinajstić information content (AvgIpc) is 2.93. The number of carbonyl (C=O) groups is 1. The summed E-state index contributed by atoms with van der Waals surface area (Å²) >= 11 is 0. The molecule has 0 aliphatic carbocycles. The molecule has 8 heteroatoms. The Balaban J connectivity index is 0.000000236. The van der Waals surface area contributed by atoms with Crippen molar-refractivity contribution in [2.24, 2.45) is 0 Å². The Kier molecular flexibility index (Phi) is 5.49. The van der Waals surface area contributed by atoms with Crippen molar-refractivity contribution in [2.45, 2.75) is 45.3 Å². The zero-order chi connectivity index (χ0) is 16.9. The third kappa shape index (κ3) is 4.62. The van der Waals surface area contributed by atoms with E-state index in [0.717, 1.165) is 37.0 Å². The van der Waals surface area contributed by atoms with Gasteiger partial charge in [-0.05, 0) is 46.7 Å². The number of ether oxygens (including phenoxy) is 1. The highest BCUT2D eigenvalue weighted by molar-refractivity contribution is 5.84. The maximum atomic E-state index is 9.60. The molecule has 1 saturated heterocycles. The zero-order valence-electron chi connectivity index (χ0n) is 13.8. The van der Waals surface area contributed by atoms with Crippen LogP contribution in [0.1, 0.15) is 39.7 Å². The first kappa shape index (κ1) is 17.1. The first-order valence-electron chi connectivity index (χ1n) is 7.68. The van der Waals surface area contributed by atoms with Crippen molar-refractivity contribution in [3.63, 3.8) is 0 Å². The highest BCUT2D eigenvalue weighted by Gasteiger charge is 2.18. The lowest BCUT2D eigenvalue weighted by molar-refractivity contribution is -0.138. The molecule has 3 rings (SSSR count). The van der Waals surface area contributed by atoms with Crippen molar-refractivity contribution < 1.29 is 9.53 Å². The topological polar surface area (TPSA) is 108 Å². The van der Waals surface area contributed by atoms with E-state index in [4.69, 9.17) is 5.73 Å². The van der Waals surface area contributed by atoms with Crippen LogP contribution in [0.4, 0.5) is 5.82 Å². The fourth-order valence-electron chi connectivity index (χ4n) is 2.34. The fourth-order valence-corrected chi connectivity index (χ4v) is 2.34. The predicted molar refractivity (Wildman–Crippen MR) is 87.8 cm³/mol. The van der Waals surface area contributed by atoms with Crippen molar-refractivity contribution in [1.29, 1.82) is 0 Å². The van der Waals surface area contributed by atoms with Gasteiger partial charge in [-0.25, -0.2) is 14.6 Å². The molecule has 2 aromatic rings. The molecule has 0 spiro atoms. The van der Waals surface area contributed by atoms with Crippen LogP contribution < -0.4 is 11.1 Å². The number of rotatable bonds is 2. The van der Waals surface area contributed by atoms with Gasteiger partial charge in [0.15, 0.2) is 5.65 Å². The molecule has 0 bridgehead atoms. The van der Waals surface area contributed by atoms with Crippen molar-refractivity contribution in [3.05, 3.63) is 12.5 Å². The highest BCUT2D eigenvalue weighted by atomic mass is 16.5. The summed E-state index contributed by atoms with van der Waals surface area (Å²) in [5.74, 6) is 0.505. The number of nitrogens with zero attached hydrogens (tertiary/aromatic N) is 4. The third-order valence-electron chi connectivity index (χ3n) is 3.48. The largest absolute Gasteiger partial charge is 0.462 e. The molecule has 1 aliphatic heterocycles. The number of piperidine rings is 1. The second-order valence-electron chi connectivity index (χ2n) is 6.39. The van der Waals surface area contributed by atoms with Crippen molar-refractivity contribution in [1.82, 2.24) is 25.1 Å². The van der Waals surface area contributed by atoms with Gasteiger partial charge < -0.3 is 15.8 Å². The van der Waals surface area contributed by atoms with Gasteiger partial charge in [0.1, 0.15) is 17.7 Å². The van der Waals surface area contributed by atoms with E-state index in [1.54, 1.807) is 6.20 Å². The second-order valence-corrected chi connectivity index (χ2v) is 6.39. The van der Waals surface area contributed by atoms with Gasteiger partial charge in [0.05, 0.1) is 17.6 Å². The minimum atomic E-state index is -0.318. The van der Waals surface area contributed by atoms with Crippen LogP contribution in [0, 0.1) is 0 Å². The van der Waals surface area contributed by atoms with E-state index in [2.05, 4.69) is 25.1 Å². The summed E-state index contributed by atoms with van der Waals surface area (Å²) in [5.41, 5.74) is 6.31. The number of nitrogens with one attached hydrogen (secondary N) is 1. The number of aromatic nitrogens is 4. The third-order valence-corrected chi connectivity index (χ3v) is 3.48. The number of carbonyl (C=O) groups excluding carboxylic acids is 1. The highest BCUT2D eigenvalue weighted by Crippen LogP contribution is 2.23. The molecule has 0 radical (unpaired) electrons. The molecule has 0 amide bonds. The summed E-state index contributed by atoms with van der Waals surface area (Å²) < 4.78 is 6.53. The minimum Gasteiger partial charge on any atom is -0.462 e. The molecule has 0 aromatic carbocycles. The smallest absolute Gasteiger partial charge is 0.293 e. The molecule has 0 saturated carbocycles. The molecule has 23 heavy (non-hydrogen) atoms. The lowest BCUT2D eigenvalue weighted by atomic mass is 10.1. The molecular formula is C15H24N6O2. The first-order valence-corrected chi connectivity index (χ1v) is 7.68. The molecule has 8 nitrogen and oxygen atoms in total. The monoisotopic (exact) mass is 320 g/mol. The fraction of sp³-hybridized carbons (Fsp3) is 0.600. The van der Waals surface area contributed by atoms with Crippen LogP contribution in [0.5, 0.6) is 0 Å². The summed E-state index contributed by atoms with van der Waals surface area (Å²) in [7, 11) is 0. The van der Waals surface area contributed by atoms with Crippen molar-refractivity contribution in [2.75, 3.05) is 18.8 Å². The minimum absolute atomic E-state index is 0.318. The van der Waals surface area contributed by atoms with Gasteiger partial charge in [0.25, 0.3) is 6.47 Å². The van der Waals surface area contributed by atoms with Crippen LogP contribution in [0.25, 0.3) is 11.0 Å². The molecule has 3 N–H and O–H groups in total. The van der Waals surface area contributed by atoms with Crippen LogP contribution in [0.2, 0.25) is 0 Å². The van der Waals surface area contributed by atoms with Crippen LogP contribution in [0.15, 0.2) is 12.5 Å². The molecule has 1 aliphatic rings. The lowest BCUT2D eigenvalue weighted by Gasteiger charge is -2.23. The van der Waals surface area contributed by atoms with Gasteiger partial charge in [-0.1, -0.05) is 0 Å². The van der Waals surface area contributed by atoms with E-state index in [1.807, 2.05) is 25.5 Å². The summed E-state index contributed by atoms with van der Waals surface area (Å²) in [4.78, 5) is 17.8. The molecule has 2 aromatic heterocycles. The zero-order valence-corrected chi connectivity index (χ0v) is 13.8. The molecular weight excluding hydrogens is 296 g/mol. The Labute approximate surface area is 135 Å². The Hall–Kier alpha value is -2.22. The van der Waals surface area contributed by atoms with Gasteiger partial charge in [-0.3, -0.25) is 4.79 Å². The molecule has 0 unspecified atom stereocenters. The molecule has 126 valence electrons. The van der Waals surface area contributed by atoms with Gasteiger partial charge in [0, 0.05) is 0 Å². The van der Waals surface area contributed by atoms with Crippen LogP contribution >= 0.6 is 0 Å². The average molecular weight is 320 g/mol. The number of nitrogen functional groups attached to an aromatic ring is 1. The standard InChI is InChI=1S/C10H14N6.C5H10O2/c11-9-8-5-15-16(10(8)14-6-13-9)7-1-3-12-4-2-7;1-5(2,3)7-4-6/h5-7,12H,1-4H2,(H2,11,13,14);4H,1-3H3. The van der Waals surface area contributed by atoms with E-state index in [9.17, 15) is 4.79 Å². The first-order chi connectivity index (χ1) is 10.9. The van der Waals surface area contributed by atoms with Crippen molar-refractivity contribution >= 4 is 23.3 Å². The summed E-state index contributed by atoms with van der Waals surface area (Å²) in [6.07, 6.45) is 5.42. The SMILES string of the molecule is CC(C)(C)OC=O.Nc1ncnc2c1cnn2C1CCNCC1. The molecule has 3 heterocycles. The summed E-state index contributed by atoms with van der Waals surface area (Å²) in [6.45, 7) is 7.99. The maximum absolute atomic E-state index is 9.60. The number of hydrogen-bond acceptors (Lipinski definition) is 7. The quantitative estimate of drug-likeness (QED) is 0.803. The van der Waals surface area contributed by atoms with E-state index in [1.165, 1.54) is 6.33 Å². The van der Waals surface area contributed by atoms with Gasteiger partial charge in [0.2, 0.25) is 0 Å². The lowest BCUT2D eigenvalue weighted by Crippen LogP contribution is -2.29. The summed E-state index contributed by atoms with van der Waals surface area (Å²) in [6, 6.07) is 0.424. The Morgan fingerprint density at radius 3 is 2.61 bits per heavy atom. The Morgan fingerprint density at radius 2 is 2.04 bits per heavy atom. The normalized spacial score (nSPS) is 15.8. The molecule has 0 atom stereocenters. The molecule has 1 fully saturated rings. The Bertz CT molecular complexity index is 643. The maximum Gasteiger partial charge on any atom is 0.293 e.